The van der Waals surface area contributed by atoms with Gasteiger partial charge in [-0.15, -0.1) is 0 Å². The van der Waals surface area contributed by atoms with Gasteiger partial charge in [-0.25, -0.2) is 4.79 Å². The van der Waals surface area contributed by atoms with Crippen LogP contribution in [0.2, 0.25) is 0 Å². The van der Waals surface area contributed by atoms with E-state index in [1.807, 2.05) is 19.9 Å². The van der Waals surface area contributed by atoms with Gasteiger partial charge >= 0.3 is 5.97 Å². The molecule has 0 aromatic rings. The lowest BCUT2D eigenvalue weighted by atomic mass is 9.88. The Morgan fingerprint density at radius 1 is 1.00 bits per heavy atom. The molecule has 0 saturated carbocycles. The van der Waals surface area contributed by atoms with Gasteiger partial charge in [-0.05, 0) is 70.1 Å². The average Bonchev–Trinajstić information content (AvgIpc) is 3.62. The fourth-order valence-electron chi connectivity index (χ4n) is 5.17. The van der Waals surface area contributed by atoms with Crippen LogP contribution in [0.3, 0.4) is 0 Å². The standard InChI is InChI=1S/C32H50O8/c1-19-12-20(2)14-29-28(40-29)11-9-7-8-10-21(3)32(38)39-26(18-33)16-24(6)30(36)31(37)27(35)17-25(34)15-23(5)22(4)13-19/h9-11,13,20,23-26,28-31,33-34,36-37H,1,7-8,12,14-18H2,2-6H3/b11-9+,21-10+,22-13+/t20?,23-,24+,25-,26+,28-,29-,30+,31-/m0/s1. The van der Waals surface area contributed by atoms with E-state index in [2.05, 4.69) is 25.7 Å². The molecule has 1 unspecified atom stereocenters. The van der Waals surface area contributed by atoms with Crippen molar-refractivity contribution in [1.82, 2.24) is 0 Å². The third kappa shape index (κ3) is 11.4. The van der Waals surface area contributed by atoms with Gasteiger partial charge in [-0.1, -0.05) is 62.8 Å². The normalized spacial score (nSPS) is 40.1. The first-order chi connectivity index (χ1) is 18.8. The number of aliphatic hydroxyl groups excluding tert-OH is 4. The molecule has 2 aliphatic heterocycles. The molecule has 2 rings (SSSR count). The van der Waals surface area contributed by atoms with Gasteiger partial charge in [0, 0.05) is 12.0 Å². The zero-order chi connectivity index (χ0) is 30.0. The van der Waals surface area contributed by atoms with Crippen LogP contribution in [0.4, 0.5) is 0 Å². The molecule has 0 bridgehead atoms. The van der Waals surface area contributed by atoms with Gasteiger partial charge in [0.25, 0.3) is 0 Å². The maximum Gasteiger partial charge on any atom is 0.333 e. The second-order valence-electron chi connectivity index (χ2n) is 11.9. The van der Waals surface area contributed by atoms with E-state index in [-0.39, 0.29) is 31.0 Å². The molecule has 8 heteroatoms. The van der Waals surface area contributed by atoms with Gasteiger partial charge in [-0.3, -0.25) is 4.79 Å². The lowest BCUT2D eigenvalue weighted by molar-refractivity contribution is -0.149. The molecule has 0 spiro atoms. The van der Waals surface area contributed by atoms with Crippen LogP contribution in [0.1, 0.15) is 79.6 Å². The van der Waals surface area contributed by atoms with E-state index in [9.17, 15) is 30.0 Å². The highest BCUT2D eigenvalue weighted by Crippen LogP contribution is 2.32. The topological polar surface area (TPSA) is 137 Å². The highest BCUT2D eigenvalue weighted by Gasteiger charge is 2.37. The SMILES string of the molecule is C=C1/C=C(\C)[C@@H](C)C[C@H](O)CC(=O)[C@H](O)[C@H](O)[C@H](C)C[C@H](CO)OC(=O)/C(C)=C/CC/C=C/[C@@H]2O[C@H]2CC(C)C1. The number of cyclic esters (lactones) is 1. The van der Waals surface area contributed by atoms with Gasteiger partial charge in [0.2, 0.25) is 0 Å². The first-order valence-electron chi connectivity index (χ1n) is 14.6. The Hall–Kier alpha value is -2.10. The first-order valence-corrected chi connectivity index (χ1v) is 14.6. The van der Waals surface area contributed by atoms with Gasteiger partial charge in [0.05, 0.1) is 24.9 Å². The number of carbonyl (C=O) groups is 2. The summed E-state index contributed by atoms with van der Waals surface area (Å²) >= 11 is 0. The van der Waals surface area contributed by atoms with Gasteiger partial charge in [0.1, 0.15) is 18.3 Å². The second kappa shape index (κ2) is 16.4. The molecule has 4 N–H and O–H groups in total. The molecule has 9 atom stereocenters. The number of allylic oxidation sites excluding steroid dienone is 5. The van der Waals surface area contributed by atoms with Crippen molar-refractivity contribution in [1.29, 1.82) is 0 Å². The molecule has 1 saturated heterocycles. The van der Waals surface area contributed by atoms with E-state index in [0.29, 0.717) is 24.3 Å². The van der Waals surface area contributed by atoms with Crippen LogP contribution < -0.4 is 0 Å². The van der Waals surface area contributed by atoms with Gasteiger partial charge in [-0.2, -0.15) is 0 Å². The third-order valence-electron chi connectivity index (χ3n) is 7.92. The minimum Gasteiger partial charge on any atom is -0.457 e. The Bertz CT molecular complexity index is 951. The van der Waals surface area contributed by atoms with Crippen LogP contribution in [0.25, 0.3) is 0 Å². The van der Waals surface area contributed by atoms with E-state index in [0.717, 1.165) is 30.4 Å². The van der Waals surface area contributed by atoms with Crippen molar-refractivity contribution < 1.29 is 39.5 Å². The number of epoxide rings is 1. The van der Waals surface area contributed by atoms with Crippen LogP contribution in [0.15, 0.2) is 47.6 Å². The summed E-state index contributed by atoms with van der Waals surface area (Å²) in [7, 11) is 0. The summed E-state index contributed by atoms with van der Waals surface area (Å²) in [6, 6.07) is 0. The highest BCUT2D eigenvalue weighted by molar-refractivity contribution is 5.87. The minimum absolute atomic E-state index is 0.00630. The van der Waals surface area contributed by atoms with Crippen molar-refractivity contribution in [2.75, 3.05) is 6.61 Å². The Morgan fingerprint density at radius 3 is 2.38 bits per heavy atom. The van der Waals surface area contributed by atoms with Crippen molar-refractivity contribution in [3.63, 3.8) is 0 Å². The molecule has 2 heterocycles. The third-order valence-corrected chi connectivity index (χ3v) is 7.92. The monoisotopic (exact) mass is 562 g/mol. The minimum atomic E-state index is -1.70. The number of carbonyl (C=O) groups excluding carboxylic acids is 2. The number of rotatable bonds is 1. The number of fused-ring (bicyclic) bond motifs is 1. The largest absolute Gasteiger partial charge is 0.457 e. The summed E-state index contributed by atoms with van der Waals surface area (Å²) in [5, 5.41) is 41.3. The van der Waals surface area contributed by atoms with E-state index in [1.54, 1.807) is 19.9 Å². The molecule has 0 aromatic carbocycles. The molecule has 0 amide bonds. The molecule has 0 radical (unpaired) electrons. The molecule has 226 valence electrons. The maximum atomic E-state index is 12.6. The number of esters is 1. The number of ketones is 1. The number of aliphatic hydroxyl groups is 4. The van der Waals surface area contributed by atoms with E-state index in [1.165, 1.54) is 0 Å². The summed E-state index contributed by atoms with van der Waals surface area (Å²) in [4.78, 5) is 25.1. The van der Waals surface area contributed by atoms with Crippen LogP contribution in [-0.2, 0) is 19.1 Å². The second-order valence-corrected chi connectivity index (χ2v) is 11.9. The number of Topliss-reactive ketones (excluding diaryl/α,β-unsaturated/α-hetero) is 1. The van der Waals surface area contributed by atoms with E-state index >= 15 is 0 Å². The Balaban J connectivity index is 2.13. The van der Waals surface area contributed by atoms with Crippen LogP contribution in [0, 0.1) is 17.8 Å². The smallest absolute Gasteiger partial charge is 0.333 e. The summed E-state index contributed by atoms with van der Waals surface area (Å²) < 4.78 is 11.2. The zero-order valence-corrected chi connectivity index (χ0v) is 24.8. The maximum absolute atomic E-state index is 12.6. The van der Waals surface area contributed by atoms with Crippen LogP contribution >= 0.6 is 0 Å². The predicted octanol–water partition coefficient (Wildman–Crippen LogP) is 3.97. The number of hydrogen-bond donors (Lipinski definition) is 4. The molecule has 40 heavy (non-hydrogen) atoms. The van der Waals surface area contributed by atoms with Crippen molar-refractivity contribution >= 4 is 11.8 Å². The zero-order valence-electron chi connectivity index (χ0n) is 24.8. The van der Waals surface area contributed by atoms with Gasteiger partial charge in [0.15, 0.2) is 5.78 Å². The summed E-state index contributed by atoms with van der Waals surface area (Å²) in [5.74, 6) is -1.49. The van der Waals surface area contributed by atoms with Crippen LogP contribution in [-0.4, -0.2) is 75.4 Å². The molecule has 0 aliphatic carbocycles. The molecular formula is C32H50O8. The Kier molecular flexibility index (Phi) is 14.0. The first kappa shape index (κ1) is 34.1. The van der Waals surface area contributed by atoms with Crippen molar-refractivity contribution in [3.05, 3.63) is 47.6 Å². The number of ether oxygens (including phenoxy) is 2. The molecular weight excluding hydrogens is 512 g/mol. The highest BCUT2D eigenvalue weighted by atomic mass is 16.6. The summed E-state index contributed by atoms with van der Waals surface area (Å²) in [5.41, 5.74) is 2.47. The van der Waals surface area contributed by atoms with E-state index in [4.69, 9.17) is 9.47 Å². The van der Waals surface area contributed by atoms with Gasteiger partial charge < -0.3 is 29.9 Å². The number of hydrogen-bond acceptors (Lipinski definition) is 8. The van der Waals surface area contributed by atoms with E-state index < -0.39 is 48.7 Å². The fourth-order valence-corrected chi connectivity index (χ4v) is 5.17. The molecule has 8 nitrogen and oxygen atoms in total. The Labute approximate surface area is 239 Å². The Morgan fingerprint density at radius 2 is 1.70 bits per heavy atom. The van der Waals surface area contributed by atoms with Crippen molar-refractivity contribution in [2.45, 2.75) is 116 Å². The molecule has 2 aliphatic rings. The summed E-state index contributed by atoms with van der Waals surface area (Å²) in [6.07, 6.45) is 6.52. The molecule has 1 fully saturated rings. The average molecular weight is 563 g/mol. The molecule has 0 aromatic heterocycles. The lowest BCUT2D eigenvalue weighted by Crippen LogP contribution is -2.41. The van der Waals surface area contributed by atoms with Crippen LogP contribution in [0.5, 0.6) is 0 Å². The lowest BCUT2D eigenvalue weighted by Gasteiger charge is -2.27. The quantitative estimate of drug-likeness (QED) is 0.214. The van der Waals surface area contributed by atoms with Crippen molar-refractivity contribution in [3.8, 4) is 0 Å². The fraction of sp³-hybridized carbons (Fsp3) is 0.688. The predicted molar refractivity (Wildman–Crippen MR) is 154 cm³/mol. The summed E-state index contributed by atoms with van der Waals surface area (Å²) in [6.45, 7) is 13.1. The van der Waals surface area contributed by atoms with Crippen molar-refractivity contribution in [2.24, 2.45) is 17.8 Å².